The van der Waals surface area contributed by atoms with E-state index in [-0.39, 0.29) is 5.69 Å². The molecule has 0 spiro atoms. The Morgan fingerprint density at radius 1 is 1.29 bits per heavy atom. The quantitative estimate of drug-likeness (QED) is 0.638. The van der Waals surface area contributed by atoms with Gasteiger partial charge in [0.2, 0.25) is 0 Å². The van der Waals surface area contributed by atoms with Gasteiger partial charge in [0, 0.05) is 38.8 Å². The fourth-order valence-electron chi connectivity index (χ4n) is 1.80. The molecule has 1 aliphatic carbocycles. The van der Waals surface area contributed by atoms with Gasteiger partial charge in [-0.15, -0.1) is 0 Å². The predicted octanol–water partition coefficient (Wildman–Crippen LogP) is 1.04. The summed E-state index contributed by atoms with van der Waals surface area (Å²) in [6, 6.07) is 0.450. The zero-order valence-corrected chi connectivity index (χ0v) is 10.3. The van der Waals surface area contributed by atoms with Crippen LogP contribution in [0.25, 0.3) is 0 Å². The average molecular weight is 240 g/mol. The molecule has 0 bridgehead atoms. The van der Waals surface area contributed by atoms with Gasteiger partial charge in [0.25, 0.3) is 0 Å². The predicted molar refractivity (Wildman–Crippen MR) is 64.3 cm³/mol. The first-order valence-corrected chi connectivity index (χ1v) is 6.17. The second-order valence-corrected chi connectivity index (χ2v) is 4.37. The second kappa shape index (κ2) is 6.02. The summed E-state index contributed by atoms with van der Waals surface area (Å²) < 4.78 is 13.9. The lowest BCUT2D eigenvalue weighted by atomic mass is 10.5. The van der Waals surface area contributed by atoms with Crippen LogP contribution >= 0.6 is 0 Å². The molecule has 0 amide bonds. The van der Waals surface area contributed by atoms with Crippen LogP contribution in [0.3, 0.4) is 0 Å². The highest BCUT2D eigenvalue weighted by molar-refractivity contribution is 4.91. The van der Waals surface area contributed by atoms with Crippen molar-refractivity contribution < 1.29 is 9.47 Å². The third-order valence-corrected chi connectivity index (χ3v) is 2.93. The zero-order valence-electron chi connectivity index (χ0n) is 10.3. The minimum absolute atomic E-state index is 0.0907. The van der Waals surface area contributed by atoms with Crippen LogP contribution in [-0.4, -0.2) is 36.1 Å². The van der Waals surface area contributed by atoms with Crippen LogP contribution in [0.4, 0.5) is 0 Å². The van der Waals surface area contributed by atoms with E-state index in [1.54, 1.807) is 11.7 Å². The van der Waals surface area contributed by atoms with Gasteiger partial charge < -0.3 is 9.47 Å². The van der Waals surface area contributed by atoms with E-state index in [0.29, 0.717) is 25.8 Å². The fraction of sp³-hybridized carbons (Fsp3) is 0.750. The summed E-state index contributed by atoms with van der Waals surface area (Å²) in [4.78, 5) is 11.9. The Balaban J connectivity index is 1.70. The van der Waals surface area contributed by atoms with Gasteiger partial charge in [0.1, 0.15) is 0 Å². The summed E-state index contributed by atoms with van der Waals surface area (Å²) in [7, 11) is 1.68. The highest BCUT2D eigenvalue weighted by atomic mass is 16.5. The minimum atomic E-state index is 0.0907. The molecule has 0 radical (unpaired) electrons. The average Bonchev–Trinajstić information content (AvgIpc) is 3.10. The standard InChI is InChI=1S/C12H20N2O3/c1-16-8-2-9-17-10-7-13-5-6-14(12(13)15)11-3-4-11/h5-6,11H,2-4,7-10H2,1H3. The van der Waals surface area contributed by atoms with Crippen molar-refractivity contribution in [3.05, 3.63) is 22.9 Å². The molecule has 0 saturated heterocycles. The Bertz CT molecular complexity index is 393. The lowest BCUT2D eigenvalue weighted by Crippen LogP contribution is -2.25. The largest absolute Gasteiger partial charge is 0.385 e. The monoisotopic (exact) mass is 240 g/mol. The van der Waals surface area contributed by atoms with Gasteiger partial charge in [-0.05, 0) is 19.3 Å². The number of aromatic nitrogens is 2. The Morgan fingerprint density at radius 2 is 2.12 bits per heavy atom. The summed E-state index contributed by atoms with van der Waals surface area (Å²) in [6.45, 7) is 2.62. The maximum Gasteiger partial charge on any atom is 0.328 e. The molecule has 1 aliphatic rings. The lowest BCUT2D eigenvalue weighted by Gasteiger charge is -2.04. The summed E-state index contributed by atoms with van der Waals surface area (Å²) >= 11 is 0. The van der Waals surface area contributed by atoms with Crippen molar-refractivity contribution in [1.82, 2.24) is 9.13 Å². The van der Waals surface area contributed by atoms with Crippen LogP contribution < -0.4 is 5.69 Å². The van der Waals surface area contributed by atoms with Crippen LogP contribution in [0.2, 0.25) is 0 Å². The van der Waals surface area contributed by atoms with Gasteiger partial charge in [0.05, 0.1) is 13.2 Å². The van der Waals surface area contributed by atoms with E-state index >= 15 is 0 Å². The molecule has 0 aliphatic heterocycles. The van der Waals surface area contributed by atoms with Crippen molar-refractivity contribution in [2.45, 2.75) is 31.8 Å². The SMILES string of the molecule is COCCCOCCn1ccn(C2CC2)c1=O. The molecule has 1 aromatic rings. The van der Waals surface area contributed by atoms with Crippen LogP contribution in [0.15, 0.2) is 17.2 Å². The van der Waals surface area contributed by atoms with Crippen molar-refractivity contribution in [3.8, 4) is 0 Å². The van der Waals surface area contributed by atoms with E-state index in [1.165, 1.54) is 0 Å². The smallest absolute Gasteiger partial charge is 0.328 e. The van der Waals surface area contributed by atoms with Crippen molar-refractivity contribution in [2.75, 3.05) is 26.9 Å². The maximum absolute atomic E-state index is 11.9. The van der Waals surface area contributed by atoms with E-state index in [4.69, 9.17) is 9.47 Å². The van der Waals surface area contributed by atoms with Gasteiger partial charge >= 0.3 is 5.69 Å². The summed E-state index contributed by atoms with van der Waals surface area (Å²) in [5, 5.41) is 0. The van der Waals surface area contributed by atoms with E-state index in [9.17, 15) is 4.79 Å². The number of hydrogen-bond acceptors (Lipinski definition) is 3. The van der Waals surface area contributed by atoms with Gasteiger partial charge in [-0.1, -0.05) is 0 Å². The van der Waals surface area contributed by atoms with Gasteiger partial charge in [-0.2, -0.15) is 0 Å². The molecule has 0 aromatic carbocycles. The molecule has 5 heteroatoms. The summed E-state index contributed by atoms with van der Waals surface area (Å²) in [6.07, 6.45) is 6.90. The molecule has 1 aromatic heterocycles. The number of methoxy groups -OCH3 is 1. The Kier molecular flexibility index (Phi) is 4.39. The fourth-order valence-corrected chi connectivity index (χ4v) is 1.80. The van der Waals surface area contributed by atoms with Crippen LogP contribution in [0.1, 0.15) is 25.3 Å². The van der Waals surface area contributed by atoms with Gasteiger partial charge in [-0.3, -0.25) is 9.13 Å². The molecule has 1 fully saturated rings. The first-order chi connectivity index (χ1) is 8.33. The molecular weight excluding hydrogens is 220 g/mol. The number of hydrogen-bond donors (Lipinski definition) is 0. The molecule has 0 atom stereocenters. The van der Waals surface area contributed by atoms with Crippen LogP contribution in [0, 0.1) is 0 Å². The molecule has 5 nitrogen and oxygen atoms in total. The third-order valence-electron chi connectivity index (χ3n) is 2.93. The minimum Gasteiger partial charge on any atom is -0.385 e. The summed E-state index contributed by atoms with van der Waals surface area (Å²) in [5.41, 5.74) is 0.0907. The number of imidazole rings is 1. The summed E-state index contributed by atoms with van der Waals surface area (Å²) in [5.74, 6) is 0. The van der Waals surface area contributed by atoms with E-state index in [1.807, 2.05) is 17.0 Å². The zero-order chi connectivity index (χ0) is 12.1. The van der Waals surface area contributed by atoms with Crippen molar-refractivity contribution in [3.63, 3.8) is 0 Å². The number of ether oxygens (including phenoxy) is 2. The normalized spacial score (nSPS) is 15.4. The van der Waals surface area contributed by atoms with E-state index in [0.717, 1.165) is 25.9 Å². The lowest BCUT2D eigenvalue weighted by molar-refractivity contribution is 0.0972. The second-order valence-electron chi connectivity index (χ2n) is 4.37. The molecule has 17 heavy (non-hydrogen) atoms. The maximum atomic E-state index is 11.9. The molecule has 0 N–H and O–H groups in total. The highest BCUT2D eigenvalue weighted by Gasteiger charge is 2.25. The van der Waals surface area contributed by atoms with E-state index < -0.39 is 0 Å². The van der Waals surface area contributed by atoms with Crippen molar-refractivity contribution in [1.29, 1.82) is 0 Å². The Morgan fingerprint density at radius 3 is 2.82 bits per heavy atom. The van der Waals surface area contributed by atoms with Gasteiger partial charge in [0.15, 0.2) is 0 Å². The molecular formula is C12H20N2O3. The Labute approximate surface area is 101 Å². The van der Waals surface area contributed by atoms with Crippen molar-refractivity contribution >= 4 is 0 Å². The molecule has 1 saturated carbocycles. The van der Waals surface area contributed by atoms with Crippen LogP contribution in [0.5, 0.6) is 0 Å². The number of rotatable bonds is 8. The first-order valence-electron chi connectivity index (χ1n) is 6.17. The molecule has 0 unspecified atom stereocenters. The highest BCUT2D eigenvalue weighted by Crippen LogP contribution is 2.33. The molecule has 2 rings (SSSR count). The number of nitrogens with zero attached hydrogens (tertiary/aromatic N) is 2. The van der Waals surface area contributed by atoms with E-state index in [2.05, 4.69) is 0 Å². The molecule has 96 valence electrons. The molecule has 1 heterocycles. The topological polar surface area (TPSA) is 45.4 Å². The first kappa shape index (κ1) is 12.4. The third kappa shape index (κ3) is 3.44. The van der Waals surface area contributed by atoms with Crippen molar-refractivity contribution in [2.24, 2.45) is 0 Å². The Hall–Kier alpha value is -1.07. The van der Waals surface area contributed by atoms with Gasteiger partial charge in [-0.25, -0.2) is 4.79 Å². The van der Waals surface area contributed by atoms with Crippen LogP contribution in [-0.2, 0) is 16.0 Å².